The van der Waals surface area contributed by atoms with Crippen molar-refractivity contribution >= 4 is 5.97 Å². The van der Waals surface area contributed by atoms with Gasteiger partial charge in [0.1, 0.15) is 0 Å². The number of aliphatic hydroxyl groups excluding tert-OH is 1. The first-order valence-electron chi connectivity index (χ1n) is 9.56. The van der Waals surface area contributed by atoms with E-state index in [1.54, 1.807) is 0 Å². The highest BCUT2D eigenvalue weighted by Crippen LogP contribution is 2.69. The van der Waals surface area contributed by atoms with Crippen molar-refractivity contribution in [3.8, 4) is 0 Å². The highest BCUT2D eigenvalue weighted by Gasteiger charge is 2.67. The molecule has 0 radical (unpaired) electrons. The van der Waals surface area contributed by atoms with Crippen molar-refractivity contribution in [2.24, 2.45) is 39.9 Å². The second-order valence-electron chi connectivity index (χ2n) is 9.99. The standard InChI is InChI=1S/C20H32O3/c1-18(2)8-5-9-19(3)14-7-6-12-13(11-23-17(12)22)20(14,4)16(21)10-15(18)19/h12-16,21H,5-11H2,1-4H3/t12-,13-,14-,15+,16-,19-,20+/m1/s1. The number of ether oxygens (including phenoxy) is 1. The van der Waals surface area contributed by atoms with E-state index in [2.05, 4.69) is 27.7 Å². The van der Waals surface area contributed by atoms with Crippen molar-refractivity contribution in [3.05, 3.63) is 0 Å². The Labute approximate surface area is 140 Å². The summed E-state index contributed by atoms with van der Waals surface area (Å²) in [7, 11) is 0. The van der Waals surface area contributed by atoms with Gasteiger partial charge in [0.2, 0.25) is 0 Å². The van der Waals surface area contributed by atoms with Crippen molar-refractivity contribution in [2.75, 3.05) is 6.61 Å². The van der Waals surface area contributed by atoms with E-state index >= 15 is 0 Å². The van der Waals surface area contributed by atoms with Gasteiger partial charge in [-0.1, -0.05) is 34.1 Å². The molecule has 3 nitrogen and oxygen atoms in total. The van der Waals surface area contributed by atoms with Gasteiger partial charge in [0.05, 0.1) is 18.6 Å². The Morgan fingerprint density at radius 1 is 1.09 bits per heavy atom. The van der Waals surface area contributed by atoms with Crippen LogP contribution in [0.15, 0.2) is 0 Å². The van der Waals surface area contributed by atoms with Crippen LogP contribution in [0.3, 0.4) is 0 Å². The molecule has 3 saturated carbocycles. The summed E-state index contributed by atoms with van der Waals surface area (Å²) in [6.45, 7) is 10.1. The Balaban J connectivity index is 1.77. The predicted molar refractivity (Wildman–Crippen MR) is 88.6 cm³/mol. The zero-order chi connectivity index (χ0) is 16.6. The van der Waals surface area contributed by atoms with Crippen LogP contribution in [-0.4, -0.2) is 23.8 Å². The Kier molecular flexibility index (Phi) is 3.28. The third kappa shape index (κ3) is 1.89. The van der Waals surface area contributed by atoms with Crippen LogP contribution in [0.4, 0.5) is 0 Å². The van der Waals surface area contributed by atoms with Gasteiger partial charge in [-0.25, -0.2) is 0 Å². The molecule has 130 valence electrons. The van der Waals surface area contributed by atoms with Gasteiger partial charge in [-0.2, -0.15) is 0 Å². The van der Waals surface area contributed by atoms with Crippen molar-refractivity contribution in [1.82, 2.24) is 0 Å². The molecule has 4 rings (SSSR count). The molecule has 0 aromatic heterocycles. The normalized spacial score (nSPS) is 54.7. The van der Waals surface area contributed by atoms with Crippen molar-refractivity contribution in [3.63, 3.8) is 0 Å². The minimum absolute atomic E-state index is 0.0156. The first-order valence-corrected chi connectivity index (χ1v) is 9.56. The minimum Gasteiger partial charge on any atom is -0.465 e. The Bertz CT molecular complexity index is 527. The lowest BCUT2D eigenvalue weighted by molar-refractivity contribution is -0.219. The first kappa shape index (κ1) is 15.9. The lowest BCUT2D eigenvalue weighted by atomic mass is 9.38. The van der Waals surface area contributed by atoms with E-state index in [0.29, 0.717) is 29.3 Å². The lowest BCUT2D eigenvalue weighted by Gasteiger charge is -2.67. The molecule has 1 N–H and O–H groups in total. The van der Waals surface area contributed by atoms with Crippen LogP contribution in [-0.2, 0) is 9.53 Å². The van der Waals surface area contributed by atoms with Gasteiger partial charge in [0.25, 0.3) is 0 Å². The van der Waals surface area contributed by atoms with Crippen LogP contribution in [0.2, 0.25) is 0 Å². The zero-order valence-corrected chi connectivity index (χ0v) is 15.1. The Morgan fingerprint density at radius 2 is 1.83 bits per heavy atom. The molecule has 23 heavy (non-hydrogen) atoms. The van der Waals surface area contributed by atoms with Gasteiger partial charge < -0.3 is 9.84 Å². The molecule has 0 spiro atoms. The number of esters is 1. The van der Waals surface area contributed by atoms with Gasteiger partial charge >= 0.3 is 5.97 Å². The van der Waals surface area contributed by atoms with E-state index < -0.39 is 0 Å². The summed E-state index contributed by atoms with van der Waals surface area (Å²) in [5.41, 5.74) is 0.453. The fraction of sp³-hybridized carbons (Fsp3) is 0.950. The van der Waals surface area contributed by atoms with Crippen LogP contribution in [0.1, 0.15) is 66.2 Å². The highest BCUT2D eigenvalue weighted by atomic mass is 16.5. The molecule has 4 aliphatic rings. The number of hydrogen-bond acceptors (Lipinski definition) is 3. The Hall–Kier alpha value is -0.570. The van der Waals surface area contributed by atoms with Crippen molar-refractivity contribution < 1.29 is 14.6 Å². The van der Waals surface area contributed by atoms with E-state index in [-0.39, 0.29) is 29.3 Å². The molecule has 4 fully saturated rings. The molecule has 1 aliphatic heterocycles. The van der Waals surface area contributed by atoms with Crippen LogP contribution >= 0.6 is 0 Å². The number of carbonyl (C=O) groups is 1. The average Bonchev–Trinajstić information content (AvgIpc) is 2.84. The molecule has 0 amide bonds. The number of fused-ring (bicyclic) bond motifs is 5. The topological polar surface area (TPSA) is 46.5 Å². The summed E-state index contributed by atoms with van der Waals surface area (Å²) in [4.78, 5) is 12.1. The van der Waals surface area contributed by atoms with Crippen LogP contribution in [0.25, 0.3) is 0 Å². The number of hydrogen-bond donors (Lipinski definition) is 1. The first-order chi connectivity index (χ1) is 10.7. The number of aliphatic hydroxyl groups is 1. The van der Waals surface area contributed by atoms with Gasteiger partial charge in [0, 0.05) is 11.3 Å². The maximum atomic E-state index is 12.1. The fourth-order valence-corrected chi connectivity index (χ4v) is 7.58. The largest absolute Gasteiger partial charge is 0.465 e. The quantitative estimate of drug-likeness (QED) is 0.691. The molecule has 0 bridgehead atoms. The van der Waals surface area contributed by atoms with Gasteiger partial charge in [-0.05, 0) is 54.8 Å². The van der Waals surface area contributed by atoms with E-state index in [9.17, 15) is 9.90 Å². The molecule has 0 aromatic rings. The van der Waals surface area contributed by atoms with Gasteiger partial charge in [0.15, 0.2) is 0 Å². The maximum absolute atomic E-state index is 12.1. The molecule has 3 aliphatic carbocycles. The van der Waals surface area contributed by atoms with Crippen LogP contribution in [0.5, 0.6) is 0 Å². The molecule has 0 aromatic carbocycles. The number of rotatable bonds is 0. The van der Waals surface area contributed by atoms with E-state index in [1.807, 2.05) is 0 Å². The SMILES string of the molecule is CC1(C)CCC[C@]2(C)[C@H]3CC[C@H]4C(=O)OC[C@H]4[C@]3(C)[C@H](O)C[C@@H]12. The summed E-state index contributed by atoms with van der Waals surface area (Å²) in [5, 5.41) is 11.2. The molecule has 0 unspecified atom stereocenters. The summed E-state index contributed by atoms with van der Waals surface area (Å²) < 4.78 is 5.42. The zero-order valence-electron chi connectivity index (χ0n) is 15.1. The van der Waals surface area contributed by atoms with Crippen LogP contribution < -0.4 is 0 Å². The van der Waals surface area contributed by atoms with Gasteiger partial charge in [-0.3, -0.25) is 4.79 Å². The third-order valence-electron chi connectivity index (χ3n) is 8.76. The molecule has 7 atom stereocenters. The molecule has 3 heteroatoms. The van der Waals surface area contributed by atoms with Crippen LogP contribution in [0, 0.1) is 39.9 Å². The molecule has 1 heterocycles. The number of cyclic esters (lactones) is 1. The highest BCUT2D eigenvalue weighted by molar-refractivity contribution is 5.75. The van der Waals surface area contributed by atoms with Crippen molar-refractivity contribution in [2.45, 2.75) is 72.3 Å². The fourth-order valence-electron chi connectivity index (χ4n) is 7.58. The summed E-state index contributed by atoms with van der Waals surface area (Å²) in [6, 6.07) is 0. The monoisotopic (exact) mass is 320 g/mol. The smallest absolute Gasteiger partial charge is 0.309 e. The molecule has 1 saturated heterocycles. The van der Waals surface area contributed by atoms with E-state index in [0.717, 1.165) is 19.3 Å². The minimum atomic E-state index is -0.301. The molecular weight excluding hydrogens is 288 g/mol. The van der Waals surface area contributed by atoms with Gasteiger partial charge in [-0.15, -0.1) is 0 Å². The third-order valence-corrected chi connectivity index (χ3v) is 8.76. The second kappa shape index (κ2) is 4.74. The van der Waals surface area contributed by atoms with Crippen molar-refractivity contribution in [1.29, 1.82) is 0 Å². The predicted octanol–water partition coefficient (Wildman–Crippen LogP) is 3.79. The van der Waals surface area contributed by atoms with E-state index in [4.69, 9.17) is 4.74 Å². The maximum Gasteiger partial charge on any atom is 0.309 e. The summed E-state index contributed by atoms with van der Waals surface area (Å²) in [5.74, 6) is 1.33. The second-order valence-corrected chi connectivity index (χ2v) is 9.99. The summed E-state index contributed by atoms with van der Waals surface area (Å²) in [6.07, 6.45) is 6.48. The number of carbonyl (C=O) groups excluding carboxylic acids is 1. The summed E-state index contributed by atoms with van der Waals surface area (Å²) >= 11 is 0. The Morgan fingerprint density at radius 3 is 2.57 bits per heavy atom. The van der Waals surface area contributed by atoms with E-state index in [1.165, 1.54) is 19.3 Å². The molecular formula is C20H32O3. The lowest BCUT2D eigenvalue weighted by Crippen LogP contribution is -2.64. The average molecular weight is 320 g/mol.